The molecule has 390 valence electrons. The average molecular weight is 1050 g/mol. The number of esters is 4. The van der Waals surface area contributed by atoms with E-state index >= 15 is 19.2 Å². The van der Waals surface area contributed by atoms with Crippen LogP contribution in [0, 0.1) is 29.6 Å². The number of cyclic esters (lactones) is 1. The first-order chi connectivity index (χ1) is 36.8. The number of fused-ring (bicyclic) bond motifs is 4. The molecule has 3 N–H and O–H groups in total. The van der Waals surface area contributed by atoms with Crippen molar-refractivity contribution >= 4 is 74.1 Å². The van der Waals surface area contributed by atoms with Crippen LogP contribution in [0.3, 0.4) is 0 Å². The maximum Gasteiger partial charge on any atom is 0.329 e. The van der Waals surface area contributed by atoms with Gasteiger partial charge in [0.2, 0.25) is 11.8 Å². The van der Waals surface area contributed by atoms with E-state index in [1.807, 2.05) is 77.7 Å². The van der Waals surface area contributed by atoms with Gasteiger partial charge < -0.3 is 39.4 Å². The number of imide groups is 1. The average Bonchev–Trinajstić information content (AvgIpc) is 4.27. The van der Waals surface area contributed by atoms with Gasteiger partial charge in [-0.3, -0.25) is 28.9 Å². The molecule has 18 nitrogen and oxygen atoms in total. The number of nitrogens with zero attached hydrogens (tertiary/aromatic N) is 3. The Morgan fingerprint density at radius 2 is 1.45 bits per heavy atom. The van der Waals surface area contributed by atoms with Crippen LogP contribution in [0.1, 0.15) is 66.3 Å². The summed E-state index contributed by atoms with van der Waals surface area (Å²) in [6.07, 6.45) is -1.37. The van der Waals surface area contributed by atoms with Crippen LogP contribution < -0.4 is 20.3 Å². The van der Waals surface area contributed by atoms with Crippen molar-refractivity contribution in [1.82, 2.24) is 15.2 Å². The molecule has 0 bridgehead atoms. The van der Waals surface area contributed by atoms with E-state index in [9.17, 15) is 19.5 Å². The Morgan fingerprint density at radius 3 is 2.11 bits per heavy atom. The molecular formula is C57H53N5O13S. The fourth-order valence-electron chi connectivity index (χ4n) is 10.7. The number of hydrogen-bond acceptors (Lipinski definition) is 16. The van der Waals surface area contributed by atoms with Gasteiger partial charge in [0.1, 0.15) is 36.0 Å². The van der Waals surface area contributed by atoms with Gasteiger partial charge in [0.15, 0.2) is 11.0 Å². The summed E-state index contributed by atoms with van der Waals surface area (Å²) in [7, 11) is 3.43. The lowest BCUT2D eigenvalue weighted by atomic mass is 9.65. The highest BCUT2D eigenvalue weighted by molar-refractivity contribution is 7.22. The fraction of sp³-hybridized carbons (Fsp3) is 0.298. The molecule has 7 atom stereocenters. The van der Waals surface area contributed by atoms with E-state index in [-0.39, 0.29) is 47.3 Å². The first kappa shape index (κ1) is 52.4. The summed E-state index contributed by atoms with van der Waals surface area (Å²) in [5, 5.41) is 15.7. The molecule has 0 aliphatic carbocycles. The number of carbonyl (C=O) groups is 7. The molecular weight excluding hydrogens is 995 g/mol. The van der Waals surface area contributed by atoms with Crippen LogP contribution in [0.2, 0.25) is 0 Å². The summed E-state index contributed by atoms with van der Waals surface area (Å²) in [5.74, 6) is -2.68. The molecule has 19 heteroatoms. The van der Waals surface area contributed by atoms with Gasteiger partial charge in [-0.15, -0.1) is 0 Å². The van der Waals surface area contributed by atoms with Gasteiger partial charge in [-0.05, 0) is 70.6 Å². The summed E-state index contributed by atoms with van der Waals surface area (Å²) in [6.45, 7) is 2.95. The van der Waals surface area contributed by atoms with E-state index in [0.29, 0.717) is 22.2 Å². The number of aromatic nitrogens is 1. The molecule has 9 rings (SSSR count). The zero-order valence-electron chi connectivity index (χ0n) is 42.0. The van der Waals surface area contributed by atoms with Crippen LogP contribution >= 0.6 is 11.3 Å². The lowest BCUT2D eigenvalue weighted by Crippen LogP contribution is -2.57. The molecule has 3 aliphatic rings. The number of hydrogen-bond donors (Lipinski definition) is 3. The first-order valence-electron chi connectivity index (χ1n) is 24.4. The fourth-order valence-corrected chi connectivity index (χ4v) is 11.5. The molecule has 4 heterocycles. The van der Waals surface area contributed by atoms with Gasteiger partial charge in [-0.2, -0.15) is 0 Å². The van der Waals surface area contributed by atoms with Crippen molar-refractivity contribution in [1.29, 1.82) is 0 Å². The second-order valence-corrected chi connectivity index (χ2v) is 19.6. The smallest absolute Gasteiger partial charge is 0.329 e. The molecule has 1 spiro atoms. The number of methoxy groups -OCH3 is 3. The number of urea groups is 1. The monoisotopic (exact) mass is 1050 g/mol. The number of nitrogens with one attached hydrogen (secondary N) is 2. The summed E-state index contributed by atoms with van der Waals surface area (Å²) in [4.78, 5) is 110. The molecule has 2 fully saturated rings. The third kappa shape index (κ3) is 9.50. The van der Waals surface area contributed by atoms with Crippen molar-refractivity contribution in [3.63, 3.8) is 0 Å². The molecule has 4 amide bonds. The SMILES string of the molecule is COC(=O)C(CC#Cc1ccc2c(c1)[C@]1(C(=O)N2C(=O)N[C@H](C(=O)OC)C(C)C)[C@H](c2cccc(OCCO)c2)N2[C@H](c3ccccc3)[C@H](c3ccccc3)OC(=O)[C@H]2[C@@H]1C(=O)Nc1nc2ccccc2s1)C(=O)OC. The molecule has 2 saturated heterocycles. The molecule has 0 radical (unpaired) electrons. The molecule has 0 unspecified atom stereocenters. The highest BCUT2D eigenvalue weighted by Crippen LogP contribution is 2.66. The number of para-hydroxylation sites is 1. The van der Waals surface area contributed by atoms with E-state index in [1.165, 1.54) is 30.6 Å². The number of ether oxygens (including phenoxy) is 5. The predicted octanol–water partition coefficient (Wildman–Crippen LogP) is 6.58. The lowest BCUT2D eigenvalue weighted by molar-refractivity contribution is -0.178. The maximum absolute atomic E-state index is 16.8. The number of aliphatic hydroxyl groups is 1. The van der Waals surface area contributed by atoms with Crippen LogP contribution in [0.25, 0.3) is 10.2 Å². The van der Waals surface area contributed by atoms with E-state index in [1.54, 1.807) is 56.3 Å². The number of amides is 4. The molecule has 5 aromatic carbocycles. The van der Waals surface area contributed by atoms with Crippen molar-refractivity contribution in [2.45, 2.75) is 56.0 Å². The van der Waals surface area contributed by atoms with Gasteiger partial charge >= 0.3 is 29.9 Å². The van der Waals surface area contributed by atoms with Gasteiger partial charge in [-0.1, -0.05) is 122 Å². The summed E-state index contributed by atoms with van der Waals surface area (Å²) < 4.78 is 28.1. The highest BCUT2D eigenvalue weighted by Gasteiger charge is 2.76. The van der Waals surface area contributed by atoms with Crippen molar-refractivity contribution in [3.05, 3.63) is 155 Å². The minimum absolute atomic E-state index is 0.0121. The van der Waals surface area contributed by atoms with Crippen LogP contribution in [-0.2, 0) is 53.1 Å². The number of rotatable bonds is 14. The molecule has 6 aromatic rings. The van der Waals surface area contributed by atoms with Crippen molar-refractivity contribution < 1.29 is 62.4 Å². The third-order valence-electron chi connectivity index (χ3n) is 13.9. The second kappa shape index (κ2) is 22.2. The standard InChI is InChI=1S/C57H53N5O13S/c1-32(2)44(52(67)73-5)59-56(70)61-41-27-26-33(16-14-23-38(50(65)71-3)51(66)72-4)30-39(41)57(54(61)69)43(49(64)60-55-58-40-24-12-13-25-42(40)76-55)46-53(68)75-47(35-19-10-7-11-20-35)45(34-17-8-6-9-18-34)62(46)48(57)36-21-15-22-37(31-36)74-29-28-63/h6-13,15,17-22,24-27,30-32,38,43-48,63H,23,28-29H2,1-5H3,(H,59,70)(H,58,60,64)/t43-,44+,45-,46-,47+,48+,57-/m1/s1. The normalized spacial score (nSPS) is 21.0. The lowest BCUT2D eigenvalue weighted by Gasteiger charge is -2.46. The minimum Gasteiger partial charge on any atom is -0.491 e. The van der Waals surface area contributed by atoms with Crippen LogP contribution in [0.4, 0.5) is 15.6 Å². The number of morpholine rings is 1. The van der Waals surface area contributed by atoms with Crippen molar-refractivity contribution in [3.8, 4) is 17.6 Å². The Labute approximate surface area is 441 Å². The van der Waals surface area contributed by atoms with Gasteiger partial charge in [0.25, 0.3) is 0 Å². The Morgan fingerprint density at radius 1 is 0.789 bits per heavy atom. The highest BCUT2D eigenvalue weighted by atomic mass is 32.1. The van der Waals surface area contributed by atoms with E-state index in [2.05, 4.69) is 22.5 Å². The predicted molar refractivity (Wildman–Crippen MR) is 277 cm³/mol. The van der Waals surface area contributed by atoms with Crippen LogP contribution in [-0.4, -0.2) is 103 Å². The Bertz CT molecular complexity index is 3240. The van der Waals surface area contributed by atoms with Crippen LogP contribution in [0.5, 0.6) is 5.75 Å². The minimum atomic E-state index is -2.29. The van der Waals surface area contributed by atoms with Crippen LogP contribution in [0.15, 0.2) is 127 Å². The molecule has 76 heavy (non-hydrogen) atoms. The van der Waals surface area contributed by atoms with Crippen molar-refractivity contribution in [2.24, 2.45) is 17.8 Å². The molecule has 1 aromatic heterocycles. The van der Waals surface area contributed by atoms with Gasteiger partial charge in [-0.25, -0.2) is 19.5 Å². The Kier molecular flexibility index (Phi) is 15.3. The van der Waals surface area contributed by atoms with E-state index < -0.39 is 95.2 Å². The molecule has 3 aliphatic heterocycles. The van der Waals surface area contributed by atoms with Gasteiger partial charge in [0, 0.05) is 12.0 Å². The largest absolute Gasteiger partial charge is 0.491 e. The number of thiazole rings is 1. The first-order valence-corrected chi connectivity index (χ1v) is 25.2. The topological polar surface area (TPSA) is 229 Å². The summed E-state index contributed by atoms with van der Waals surface area (Å²) >= 11 is 1.18. The summed E-state index contributed by atoms with van der Waals surface area (Å²) in [6, 6.07) is 30.7. The number of benzene rings is 5. The number of anilines is 2. The van der Waals surface area contributed by atoms with E-state index in [4.69, 9.17) is 28.7 Å². The number of aliphatic hydroxyl groups excluding tert-OH is 1. The van der Waals surface area contributed by atoms with Crippen molar-refractivity contribution in [2.75, 3.05) is 44.8 Å². The summed E-state index contributed by atoms with van der Waals surface area (Å²) in [5.41, 5.74) is 0.198. The molecule has 0 saturated carbocycles. The quantitative estimate of drug-likeness (QED) is 0.0453. The number of carbonyl (C=O) groups excluding carboxylic acids is 7. The Hall–Kier alpha value is -8.44. The zero-order valence-corrected chi connectivity index (χ0v) is 42.8. The maximum atomic E-state index is 16.8. The second-order valence-electron chi connectivity index (χ2n) is 18.6. The van der Waals surface area contributed by atoms with E-state index in [0.717, 1.165) is 23.8 Å². The van der Waals surface area contributed by atoms with Gasteiger partial charge in [0.05, 0.1) is 61.8 Å². The zero-order chi connectivity index (χ0) is 53.8. The Balaban J connectivity index is 1.36. The third-order valence-corrected chi connectivity index (χ3v) is 14.9.